The van der Waals surface area contributed by atoms with Crippen LogP contribution in [0.25, 0.3) is 11.1 Å². The number of carboxylic acid groups (broad SMARTS) is 1. The molecule has 0 saturated carbocycles. The molecule has 0 radical (unpaired) electrons. The van der Waals surface area contributed by atoms with E-state index in [1.165, 1.54) is 0 Å². The summed E-state index contributed by atoms with van der Waals surface area (Å²) in [7, 11) is 1.76. The number of carbonyl (C=O) groups is 1. The third-order valence-corrected chi connectivity index (χ3v) is 2.96. The molecular formula is C12H9Cl2NO2. The van der Waals surface area contributed by atoms with Crippen LogP contribution in [0.1, 0.15) is 10.4 Å². The molecule has 0 saturated heterocycles. The Balaban J connectivity index is 2.63. The van der Waals surface area contributed by atoms with Gasteiger partial charge >= 0.3 is 5.97 Å². The van der Waals surface area contributed by atoms with E-state index in [1.54, 1.807) is 42.2 Å². The smallest absolute Gasteiger partial charge is 0.337 e. The van der Waals surface area contributed by atoms with E-state index in [0.717, 1.165) is 0 Å². The Hall–Kier alpha value is -1.45. The second-order valence-corrected chi connectivity index (χ2v) is 4.52. The maximum absolute atomic E-state index is 11.1. The number of benzene rings is 1. The molecule has 1 aromatic heterocycles. The van der Waals surface area contributed by atoms with Crippen LogP contribution in [-0.4, -0.2) is 15.6 Å². The Morgan fingerprint density at radius 1 is 1.24 bits per heavy atom. The summed E-state index contributed by atoms with van der Waals surface area (Å²) in [5.41, 5.74) is 1.47. The molecule has 0 unspecified atom stereocenters. The Bertz CT molecular complexity index is 590. The van der Waals surface area contributed by atoms with E-state index in [2.05, 4.69) is 0 Å². The lowest BCUT2D eigenvalue weighted by molar-refractivity contribution is 0.0697. The standard InChI is InChI=1S/C12H9Cl2NO2/c1-15-5-9(10(6-15)12(16)17)8-3-2-7(13)4-11(8)14/h2-6H,1H3,(H,16,17). The second-order valence-electron chi connectivity index (χ2n) is 3.68. The number of carboxylic acids is 1. The summed E-state index contributed by atoms with van der Waals surface area (Å²) in [6, 6.07) is 4.99. The monoisotopic (exact) mass is 269 g/mol. The normalized spacial score (nSPS) is 10.5. The van der Waals surface area contributed by atoms with Gasteiger partial charge in [-0.2, -0.15) is 0 Å². The molecule has 1 aromatic carbocycles. The summed E-state index contributed by atoms with van der Waals surface area (Å²) >= 11 is 11.9. The van der Waals surface area contributed by atoms with Gasteiger partial charge in [0.25, 0.3) is 0 Å². The van der Waals surface area contributed by atoms with E-state index in [9.17, 15) is 4.79 Å². The van der Waals surface area contributed by atoms with Crippen molar-refractivity contribution in [2.45, 2.75) is 0 Å². The SMILES string of the molecule is Cn1cc(C(=O)O)c(-c2ccc(Cl)cc2Cl)c1. The van der Waals surface area contributed by atoms with E-state index in [1.807, 2.05) is 0 Å². The van der Waals surface area contributed by atoms with E-state index in [4.69, 9.17) is 28.3 Å². The van der Waals surface area contributed by atoms with Crippen LogP contribution in [-0.2, 0) is 7.05 Å². The fraction of sp³-hybridized carbons (Fsp3) is 0.0833. The third kappa shape index (κ3) is 2.30. The van der Waals surface area contributed by atoms with E-state index in [-0.39, 0.29) is 5.56 Å². The number of hydrogen-bond donors (Lipinski definition) is 1. The molecule has 0 aliphatic heterocycles. The van der Waals surface area contributed by atoms with Crippen LogP contribution < -0.4 is 0 Å². The molecule has 3 nitrogen and oxygen atoms in total. The predicted molar refractivity (Wildman–Crippen MR) is 67.8 cm³/mol. The van der Waals surface area contributed by atoms with Gasteiger partial charge in [-0.1, -0.05) is 29.3 Å². The van der Waals surface area contributed by atoms with Gasteiger partial charge in [0.05, 0.1) is 5.56 Å². The summed E-state index contributed by atoms with van der Waals surface area (Å²) in [6.45, 7) is 0. The summed E-state index contributed by atoms with van der Waals surface area (Å²) in [6.07, 6.45) is 3.27. The van der Waals surface area contributed by atoms with Crippen molar-refractivity contribution in [3.05, 3.63) is 46.2 Å². The summed E-state index contributed by atoms with van der Waals surface area (Å²) < 4.78 is 1.68. The minimum absolute atomic E-state index is 0.219. The Labute approximate surface area is 108 Å². The lowest BCUT2D eigenvalue weighted by Crippen LogP contribution is -1.96. The molecular weight excluding hydrogens is 261 g/mol. The van der Waals surface area contributed by atoms with Gasteiger partial charge in [-0.3, -0.25) is 0 Å². The van der Waals surface area contributed by atoms with Crippen molar-refractivity contribution < 1.29 is 9.90 Å². The fourth-order valence-electron chi connectivity index (χ4n) is 1.68. The first kappa shape index (κ1) is 12.0. The average Bonchev–Trinajstić information content (AvgIpc) is 2.60. The molecule has 0 aliphatic carbocycles. The third-order valence-electron chi connectivity index (χ3n) is 2.41. The number of aromatic carboxylic acids is 1. The van der Waals surface area contributed by atoms with Gasteiger partial charge in [-0.15, -0.1) is 0 Å². The van der Waals surface area contributed by atoms with Crippen LogP contribution in [0.2, 0.25) is 10.0 Å². The van der Waals surface area contributed by atoms with Gasteiger partial charge in [-0.25, -0.2) is 4.79 Å². The molecule has 2 aromatic rings. The summed E-state index contributed by atoms with van der Waals surface area (Å²) in [4.78, 5) is 11.1. The molecule has 0 amide bonds. The first-order valence-electron chi connectivity index (χ1n) is 4.83. The topological polar surface area (TPSA) is 42.2 Å². The van der Waals surface area contributed by atoms with E-state index in [0.29, 0.717) is 21.2 Å². The zero-order valence-corrected chi connectivity index (χ0v) is 10.5. The van der Waals surface area contributed by atoms with Crippen LogP contribution in [0.4, 0.5) is 0 Å². The number of aromatic nitrogens is 1. The molecule has 0 bridgehead atoms. The highest BCUT2D eigenvalue weighted by Gasteiger charge is 2.16. The van der Waals surface area contributed by atoms with E-state index < -0.39 is 5.97 Å². The van der Waals surface area contributed by atoms with Crippen LogP contribution in [0.5, 0.6) is 0 Å². The van der Waals surface area contributed by atoms with Crippen LogP contribution in [0.3, 0.4) is 0 Å². The van der Waals surface area contributed by atoms with Crippen molar-refractivity contribution in [3.63, 3.8) is 0 Å². The maximum atomic E-state index is 11.1. The Morgan fingerprint density at radius 3 is 2.53 bits per heavy atom. The molecule has 88 valence electrons. The van der Waals surface area contributed by atoms with Crippen LogP contribution >= 0.6 is 23.2 Å². The molecule has 1 N–H and O–H groups in total. The van der Waals surface area contributed by atoms with Crippen molar-refractivity contribution in [2.24, 2.45) is 7.05 Å². The van der Waals surface area contributed by atoms with Gasteiger partial charge in [0.2, 0.25) is 0 Å². The lowest BCUT2D eigenvalue weighted by atomic mass is 10.0. The second kappa shape index (κ2) is 4.43. The predicted octanol–water partition coefficient (Wildman–Crippen LogP) is 3.70. The quantitative estimate of drug-likeness (QED) is 0.904. The maximum Gasteiger partial charge on any atom is 0.337 e. The molecule has 2 rings (SSSR count). The average molecular weight is 270 g/mol. The minimum atomic E-state index is -0.980. The van der Waals surface area contributed by atoms with Gasteiger partial charge in [0, 0.05) is 40.6 Å². The number of aryl methyl sites for hydroxylation is 1. The van der Waals surface area contributed by atoms with Gasteiger partial charge in [-0.05, 0) is 12.1 Å². The summed E-state index contributed by atoms with van der Waals surface area (Å²) in [5, 5.41) is 10.1. The van der Waals surface area contributed by atoms with Crippen molar-refractivity contribution >= 4 is 29.2 Å². The largest absolute Gasteiger partial charge is 0.478 e. The van der Waals surface area contributed by atoms with Crippen molar-refractivity contribution in [1.82, 2.24) is 4.57 Å². The molecule has 0 spiro atoms. The molecule has 1 heterocycles. The molecule has 0 atom stereocenters. The highest BCUT2D eigenvalue weighted by molar-refractivity contribution is 6.36. The molecule has 0 aliphatic rings. The van der Waals surface area contributed by atoms with E-state index >= 15 is 0 Å². The van der Waals surface area contributed by atoms with Crippen LogP contribution in [0, 0.1) is 0 Å². The number of halogens is 2. The zero-order chi connectivity index (χ0) is 12.6. The first-order chi connectivity index (χ1) is 7.99. The van der Waals surface area contributed by atoms with Gasteiger partial charge in [0.1, 0.15) is 0 Å². The van der Waals surface area contributed by atoms with Gasteiger partial charge < -0.3 is 9.67 Å². The fourth-order valence-corrected chi connectivity index (χ4v) is 2.19. The molecule has 5 heteroatoms. The van der Waals surface area contributed by atoms with Crippen molar-refractivity contribution in [3.8, 4) is 11.1 Å². The van der Waals surface area contributed by atoms with Crippen molar-refractivity contribution in [1.29, 1.82) is 0 Å². The number of hydrogen-bond acceptors (Lipinski definition) is 1. The Morgan fingerprint density at radius 2 is 1.94 bits per heavy atom. The number of rotatable bonds is 2. The van der Waals surface area contributed by atoms with Gasteiger partial charge in [0.15, 0.2) is 0 Å². The molecule has 17 heavy (non-hydrogen) atoms. The lowest BCUT2D eigenvalue weighted by Gasteiger charge is -2.04. The zero-order valence-electron chi connectivity index (χ0n) is 8.95. The highest BCUT2D eigenvalue weighted by Crippen LogP contribution is 2.32. The first-order valence-corrected chi connectivity index (χ1v) is 5.59. The van der Waals surface area contributed by atoms with Crippen LogP contribution in [0.15, 0.2) is 30.6 Å². The number of nitrogens with zero attached hydrogens (tertiary/aromatic N) is 1. The minimum Gasteiger partial charge on any atom is -0.478 e. The van der Waals surface area contributed by atoms with Crippen molar-refractivity contribution in [2.75, 3.05) is 0 Å². The summed E-state index contributed by atoms with van der Waals surface area (Å²) in [5.74, 6) is -0.980. The molecule has 0 fully saturated rings. The Kier molecular flexibility index (Phi) is 3.13. The highest BCUT2D eigenvalue weighted by atomic mass is 35.5.